The van der Waals surface area contributed by atoms with Gasteiger partial charge in [-0.3, -0.25) is 4.79 Å². The summed E-state index contributed by atoms with van der Waals surface area (Å²) in [7, 11) is 0. The minimum Gasteiger partial charge on any atom is -0.424 e. The summed E-state index contributed by atoms with van der Waals surface area (Å²) < 4.78 is 5.82. The molecular formula is C26H42N4O2. The van der Waals surface area contributed by atoms with Gasteiger partial charge in [0.1, 0.15) is 0 Å². The molecule has 0 spiro atoms. The van der Waals surface area contributed by atoms with Gasteiger partial charge in [-0.1, -0.05) is 0 Å². The molecule has 32 heavy (non-hydrogen) atoms. The zero-order valence-corrected chi connectivity index (χ0v) is 19.7. The standard InChI is InChI=1S/C26H42N4O2/c1-15-24(18-8-12-21(28)13-9-18)22(29)14-23(25(15)30)32-26(31)19-4-2-16(3-5-19)17-6-10-20(27)11-7-17/h14,16-21H,2-13,27-30H2,1H3. The van der Waals surface area contributed by atoms with Gasteiger partial charge in [0.05, 0.1) is 11.6 Å². The molecule has 8 N–H and O–H groups in total. The quantitative estimate of drug-likeness (QED) is 0.311. The van der Waals surface area contributed by atoms with Crippen LogP contribution in [0.3, 0.4) is 0 Å². The summed E-state index contributed by atoms with van der Waals surface area (Å²) in [6.07, 6.45) is 12.9. The van der Waals surface area contributed by atoms with Gasteiger partial charge < -0.3 is 27.7 Å². The number of hydrogen-bond donors (Lipinski definition) is 4. The van der Waals surface area contributed by atoms with Crippen molar-refractivity contribution in [2.75, 3.05) is 11.5 Å². The number of nitrogens with two attached hydrogens (primary N) is 4. The lowest BCUT2D eigenvalue weighted by Gasteiger charge is -2.36. The van der Waals surface area contributed by atoms with Crippen molar-refractivity contribution < 1.29 is 9.53 Å². The minimum atomic E-state index is -0.156. The molecule has 3 aliphatic rings. The van der Waals surface area contributed by atoms with Crippen LogP contribution in [0.15, 0.2) is 6.07 Å². The van der Waals surface area contributed by atoms with E-state index in [1.807, 2.05) is 6.92 Å². The fourth-order valence-electron chi connectivity index (χ4n) is 6.51. The summed E-state index contributed by atoms with van der Waals surface area (Å²) in [4.78, 5) is 12.9. The molecule has 3 saturated carbocycles. The predicted octanol–water partition coefficient (Wildman–Crippen LogP) is 4.37. The minimum absolute atomic E-state index is 0.0439. The number of rotatable bonds is 4. The second kappa shape index (κ2) is 10.0. The van der Waals surface area contributed by atoms with Crippen LogP contribution in [0.25, 0.3) is 0 Å². The van der Waals surface area contributed by atoms with E-state index in [-0.39, 0.29) is 17.9 Å². The SMILES string of the molecule is Cc1c(N)c(OC(=O)C2CCC(C3CCC(N)CC3)CC2)cc(N)c1C1CCC(N)CC1. The van der Waals surface area contributed by atoms with Crippen LogP contribution < -0.4 is 27.7 Å². The average Bonchev–Trinajstić information content (AvgIpc) is 2.79. The lowest BCUT2D eigenvalue weighted by atomic mass is 9.70. The highest BCUT2D eigenvalue weighted by atomic mass is 16.5. The topological polar surface area (TPSA) is 130 Å². The van der Waals surface area contributed by atoms with Crippen LogP contribution in [0, 0.1) is 24.7 Å². The molecule has 3 aliphatic carbocycles. The van der Waals surface area contributed by atoms with Crippen molar-refractivity contribution in [3.8, 4) is 5.75 Å². The maximum atomic E-state index is 12.9. The molecule has 0 bridgehead atoms. The van der Waals surface area contributed by atoms with Crippen molar-refractivity contribution in [3.05, 3.63) is 17.2 Å². The van der Waals surface area contributed by atoms with E-state index in [1.54, 1.807) is 6.07 Å². The Balaban J connectivity index is 1.36. The highest BCUT2D eigenvalue weighted by Gasteiger charge is 2.34. The monoisotopic (exact) mass is 442 g/mol. The van der Waals surface area contributed by atoms with Crippen molar-refractivity contribution in [1.82, 2.24) is 0 Å². The molecule has 6 heteroatoms. The summed E-state index contributed by atoms with van der Waals surface area (Å²) in [5.41, 5.74) is 28.3. The first-order chi connectivity index (χ1) is 15.3. The third-order valence-corrected chi connectivity index (χ3v) is 8.65. The highest BCUT2D eigenvalue weighted by Crippen LogP contribution is 2.43. The Morgan fingerprint density at radius 3 is 1.88 bits per heavy atom. The first-order valence-corrected chi connectivity index (χ1v) is 12.7. The van der Waals surface area contributed by atoms with Gasteiger partial charge in [-0.25, -0.2) is 0 Å². The summed E-state index contributed by atoms with van der Waals surface area (Å²) in [6, 6.07) is 2.44. The zero-order chi connectivity index (χ0) is 22.8. The Bertz CT molecular complexity index is 803. The molecular weight excluding hydrogens is 400 g/mol. The molecule has 178 valence electrons. The molecule has 0 unspecified atom stereocenters. The Morgan fingerprint density at radius 1 is 0.812 bits per heavy atom. The number of carbonyl (C=O) groups excluding carboxylic acids is 1. The summed E-state index contributed by atoms with van der Waals surface area (Å²) in [5, 5.41) is 0. The lowest BCUT2D eigenvalue weighted by molar-refractivity contribution is -0.140. The Kier molecular flexibility index (Phi) is 7.30. The first kappa shape index (κ1) is 23.4. The molecule has 0 amide bonds. The number of hydrogen-bond acceptors (Lipinski definition) is 6. The number of benzene rings is 1. The third-order valence-electron chi connectivity index (χ3n) is 8.65. The molecule has 1 aromatic rings. The van der Waals surface area contributed by atoms with Crippen LogP contribution in [0.1, 0.15) is 94.1 Å². The van der Waals surface area contributed by atoms with Gasteiger partial charge in [0.15, 0.2) is 5.75 Å². The van der Waals surface area contributed by atoms with E-state index in [0.717, 1.165) is 87.2 Å². The van der Waals surface area contributed by atoms with Crippen molar-refractivity contribution in [1.29, 1.82) is 0 Å². The van der Waals surface area contributed by atoms with Gasteiger partial charge in [-0.15, -0.1) is 0 Å². The fourth-order valence-corrected chi connectivity index (χ4v) is 6.51. The van der Waals surface area contributed by atoms with Gasteiger partial charge >= 0.3 is 5.97 Å². The van der Waals surface area contributed by atoms with Crippen molar-refractivity contribution in [3.63, 3.8) is 0 Å². The van der Waals surface area contributed by atoms with Crippen LogP contribution in [-0.2, 0) is 4.79 Å². The van der Waals surface area contributed by atoms with Crippen LogP contribution in [0.5, 0.6) is 5.75 Å². The molecule has 0 aromatic heterocycles. The van der Waals surface area contributed by atoms with E-state index in [9.17, 15) is 4.79 Å². The third kappa shape index (κ3) is 5.07. The van der Waals surface area contributed by atoms with E-state index < -0.39 is 0 Å². The molecule has 0 atom stereocenters. The molecule has 4 rings (SSSR count). The van der Waals surface area contributed by atoms with Crippen LogP contribution in [0.4, 0.5) is 11.4 Å². The second-order valence-corrected chi connectivity index (χ2v) is 10.7. The number of ether oxygens (including phenoxy) is 1. The first-order valence-electron chi connectivity index (χ1n) is 12.7. The normalized spacial score (nSPS) is 33.6. The number of nitrogen functional groups attached to an aromatic ring is 2. The number of esters is 1. The van der Waals surface area contributed by atoms with Crippen molar-refractivity contribution >= 4 is 17.3 Å². The molecule has 3 fully saturated rings. The largest absolute Gasteiger partial charge is 0.424 e. The Morgan fingerprint density at radius 2 is 1.31 bits per heavy atom. The fraction of sp³-hybridized carbons (Fsp3) is 0.731. The van der Waals surface area contributed by atoms with Gasteiger partial charge in [0.25, 0.3) is 0 Å². The summed E-state index contributed by atoms with van der Waals surface area (Å²) in [6.45, 7) is 1.99. The maximum absolute atomic E-state index is 12.9. The van der Waals surface area contributed by atoms with E-state index >= 15 is 0 Å². The highest BCUT2D eigenvalue weighted by molar-refractivity contribution is 5.79. The second-order valence-electron chi connectivity index (χ2n) is 10.7. The van der Waals surface area contributed by atoms with Crippen LogP contribution >= 0.6 is 0 Å². The Labute approximate surface area is 192 Å². The van der Waals surface area contributed by atoms with Crippen LogP contribution in [0.2, 0.25) is 0 Å². The van der Waals surface area contributed by atoms with Gasteiger partial charge in [0.2, 0.25) is 0 Å². The zero-order valence-electron chi connectivity index (χ0n) is 19.7. The Hall–Kier alpha value is -1.79. The van der Waals surface area contributed by atoms with E-state index in [1.165, 1.54) is 12.8 Å². The predicted molar refractivity (Wildman–Crippen MR) is 130 cm³/mol. The van der Waals surface area contributed by atoms with Gasteiger partial charge in [0, 0.05) is 23.8 Å². The average molecular weight is 443 g/mol. The molecule has 1 aromatic carbocycles. The van der Waals surface area contributed by atoms with Crippen LogP contribution in [-0.4, -0.2) is 18.1 Å². The van der Waals surface area contributed by atoms with E-state index in [4.69, 9.17) is 27.7 Å². The molecule has 0 heterocycles. The molecule has 0 aliphatic heterocycles. The smallest absolute Gasteiger partial charge is 0.314 e. The maximum Gasteiger partial charge on any atom is 0.314 e. The lowest BCUT2D eigenvalue weighted by Crippen LogP contribution is -2.33. The van der Waals surface area contributed by atoms with E-state index in [0.29, 0.717) is 29.1 Å². The number of carbonyl (C=O) groups is 1. The van der Waals surface area contributed by atoms with Crippen molar-refractivity contribution in [2.24, 2.45) is 29.2 Å². The molecule has 6 nitrogen and oxygen atoms in total. The molecule has 0 radical (unpaired) electrons. The van der Waals surface area contributed by atoms with Crippen molar-refractivity contribution in [2.45, 2.75) is 102 Å². The van der Waals surface area contributed by atoms with Gasteiger partial charge in [-0.2, -0.15) is 0 Å². The summed E-state index contributed by atoms with van der Waals surface area (Å²) >= 11 is 0. The number of anilines is 2. The van der Waals surface area contributed by atoms with Gasteiger partial charge in [-0.05, 0) is 113 Å². The van der Waals surface area contributed by atoms with E-state index in [2.05, 4.69) is 0 Å². The molecule has 0 saturated heterocycles. The summed E-state index contributed by atoms with van der Waals surface area (Å²) in [5.74, 6) is 2.12.